The molecule has 134 valence electrons. The van der Waals surface area contributed by atoms with Crippen molar-refractivity contribution in [1.29, 1.82) is 0 Å². The minimum Gasteiger partial charge on any atom is -0.507 e. The molecule has 0 unspecified atom stereocenters. The molecule has 1 aromatic heterocycles. The van der Waals surface area contributed by atoms with Crippen LogP contribution in [0, 0.1) is 0 Å². The van der Waals surface area contributed by atoms with Crippen LogP contribution in [0.1, 0.15) is 12.5 Å². The highest BCUT2D eigenvalue weighted by atomic mass is 79.9. The summed E-state index contributed by atoms with van der Waals surface area (Å²) < 4.78 is 7.91. The first-order chi connectivity index (χ1) is 12.5. The van der Waals surface area contributed by atoms with E-state index in [1.54, 1.807) is 37.0 Å². The van der Waals surface area contributed by atoms with Crippen molar-refractivity contribution in [2.45, 2.75) is 6.92 Å². The Hall–Kier alpha value is -2.38. The third kappa shape index (κ3) is 3.59. The van der Waals surface area contributed by atoms with Crippen LogP contribution in [0.5, 0.6) is 11.5 Å². The Morgan fingerprint density at radius 1 is 1.23 bits per heavy atom. The third-order valence-corrected chi connectivity index (χ3v) is 5.47. The van der Waals surface area contributed by atoms with Crippen LogP contribution in [0.2, 0.25) is 0 Å². The lowest BCUT2D eigenvalue weighted by Gasteiger charge is -2.09. The van der Waals surface area contributed by atoms with Crippen LogP contribution >= 0.6 is 27.3 Å². The zero-order valence-electron chi connectivity index (χ0n) is 14.6. The van der Waals surface area contributed by atoms with Crippen molar-refractivity contribution in [3.05, 3.63) is 62.7 Å². The second-order valence-corrected chi connectivity index (χ2v) is 7.18. The fraction of sp³-hybridized carbons (Fsp3) is 0.158. The van der Waals surface area contributed by atoms with Crippen molar-refractivity contribution in [1.82, 2.24) is 4.68 Å². The monoisotopic (exact) mass is 431 g/mol. The number of halogens is 1. The number of thiazole rings is 1. The molecule has 5 nitrogen and oxygen atoms in total. The topological polar surface area (TPSA) is 59.1 Å². The van der Waals surface area contributed by atoms with Crippen molar-refractivity contribution in [3.8, 4) is 22.8 Å². The molecule has 0 fully saturated rings. The standard InChI is InChI=1S/C19H18BrN3O2S/c1-12(14-9-8-13(25-3)10-18(14)24)22-23-17(11-26-19(23)21-2)15-6-4-5-7-16(15)20/h4-11,24H,1-3H3. The number of phenols is 1. The summed E-state index contributed by atoms with van der Waals surface area (Å²) in [5.41, 5.74) is 3.26. The molecular weight excluding hydrogens is 414 g/mol. The van der Waals surface area contributed by atoms with Crippen molar-refractivity contribution in [2.24, 2.45) is 10.1 Å². The average molecular weight is 432 g/mol. The number of hydrogen-bond acceptors (Lipinski definition) is 5. The third-order valence-electron chi connectivity index (χ3n) is 3.87. The maximum atomic E-state index is 10.3. The first-order valence-corrected chi connectivity index (χ1v) is 9.53. The number of phenolic OH excluding ortho intramolecular Hbond substituents is 1. The van der Waals surface area contributed by atoms with Gasteiger partial charge in [-0.15, -0.1) is 11.3 Å². The van der Waals surface area contributed by atoms with Gasteiger partial charge in [-0.2, -0.15) is 5.10 Å². The summed E-state index contributed by atoms with van der Waals surface area (Å²) in [5, 5.41) is 17.0. The summed E-state index contributed by atoms with van der Waals surface area (Å²) in [7, 11) is 3.30. The number of aromatic nitrogens is 1. The summed E-state index contributed by atoms with van der Waals surface area (Å²) in [6.45, 7) is 1.86. The molecule has 3 aromatic rings. The van der Waals surface area contributed by atoms with Gasteiger partial charge in [-0.1, -0.05) is 34.1 Å². The average Bonchev–Trinajstić information content (AvgIpc) is 3.04. The SMILES string of the molecule is CN=c1scc(-c2ccccc2Br)n1N=C(C)c1ccc(OC)cc1O. The molecule has 0 radical (unpaired) electrons. The summed E-state index contributed by atoms with van der Waals surface area (Å²) in [6, 6.07) is 13.1. The van der Waals surface area contributed by atoms with Gasteiger partial charge in [0.2, 0.25) is 4.80 Å². The van der Waals surface area contributed by atoms with Crippen LogP contribution in [-0.2, 0) is 0 Å². The minimum absolute atomic E-state index is 0.124. The number of hydrogen-bond donors (Lipinski definition) is 1. The van der Waals surface area contributed by atoms with E-state index in [4.69, 9.17) is 9.84 Å². The molecule has 0 saturated carbocycles. The molecule has 0 atom stereocenters. The fourth-order valence-corrected chi connectivity index (χ4v) is 3.83. The van der Waals surface area contributed by atoms with Gasteiger partial charge in [0.15, 0.2) is 0 Å². The minimum atomic E-state index is 0.124. The number of aromatic hydroxyl groups is 1. The van der Waals surface area contributed by atoms with Gasteiger partial charge in [-0.25, -0.2) is 4.68 Å². The van der Waals surface area contributed by atoms with E-state index in [2.05, 4.69) is 20.9 Å². The predicted octanol–water partition coefficient (Wildman–Crippen LogP) is 4.50. The van der Waals surface area contributed by atoms with Crippen LogP contribution in [0.25, 0.3) is 11.3 Å². The van der Waals surface area contributed by atoms with E-state index < -0.39 is 0 Å². The maximum Gasteiger partial charge on any atom is 0.205 e. The highest BCUT2D eigenvalue weighted by molar-refractivity contribution is 9.10. The van der Waals surface area contributed by atoms with Crippen LogP contribution in [0.4, 0.5) is 0 Å². The van der Waals surface area contributed by atoms with Crippen LogP contribution in [0.3, 0.4) is 0 Å². The highest BCUT2D eigenvalue weighted by Gasteiger charge is 2.12. The Labute approximate surface area is 164 Å². The van der Waals surface area contributed by atoms with E-state index in [9.17, 15) is 5.11 Å². The molecule has 0 aliphatic heterocycles. The van der Waals surface area contributed by atoms with Gasteiger partial charge in [-0.3, -0.25) is 4.99 Å². The van der Waals surface area contributed by atoms with Crippen molar-refractivity contribution in [2.75, 3.05) is 14.2 Å². The number of nitrogens with zero attached hydrogens (tertiary/aromatic N) is 3. The van der Waals surface area contributed by atoms with Gasteiger partial charge >= 0.3 is 0 Å². The van der Waals surface area contributed by atoms with E-state index in [-0.39, 0.29) is 5.75 Å². The zero-order valence-corrected chi connectivity index (χ0v) is 17.0. The largest absolute Gasteiger partial charge is 0.507 e. The molecule has 1 heterocycles. The van der Waals surface area contributed by atoms with Crippen LogP contribution in [0.15, 0.2) is 62.4 Å². The number of methoxy groups -OCH3 is 1. The van der Waals surface area contributed by atoms with Gasteiger partial charge in [-0.05, 0) is 25.1 Å². The Kier molecular flexibility index (Phi) is 5.58. The van der Waals surface area contributed by atoms with Crippen LogP contribution < -0.4 is 9.54 Å². The molecule has 0 saturated heterocycles. The predicted molar refractivity (Wildman–Crippen MR) is 109 cm³/mol. The van der Waals surface area contributed by atoms with Crippen LogP contribution in [-0.4, -0.2) is 29.7 Å². The lowest BCUT2D eigenvalue weighted by Crippen LogP contribution is -2.14. The summed E-state index contributed by atoms with van der Waals surface area (Å²) in [4.78, 5) is 5.09. The van der Waals surface area contributed by atoms with E-state index >= 15 is 0 Å². The summed E-state index contributed by atoms with van der Waals surface area (Å²) in [5.74, 6) is 0.722. The fourth-order valence-electron chi connectivity index (χ4n) is 2.55. The van der Waals surface area contributed by atoms with Crippen molar-refractivity contribution in [3.63, 3.8) is 0 Å². The molecule has 0 spiro atoms. The molecule has 3 rings (SSSR count). The highest BCUT2D eigenvalue weighted by Crippen LogP contribution is 2.29. The van der Waals surface area contributed by atoms with E-state index in [0.29, 0.717) is 17.0 Å². The second-order valence-electron chi connectivity index (χ2n) is 5.49. The van der Waals surface area contributed by atoms with Crippen molar-refractivity contribution >= 4 is 33.0 Å². The second kappa shape index (κ2) is 7.88. The lowest BCUT2D eigenvalue weighted by atomic mass is 10.1. The quantitative estimate of drug-likeness (QED) is 0.618. The Morgan fingerprint density at radius 3 is 2.65 bits per heavy atom. The molecular formula is C19H18BrN3O2S. The molecule has 0 amide bonds. The normalized spacial score (nSPS) is 12.5. The summed E-state index contributed by atoms with van der Waals surface area (Å²) in [6.07, 6.45) is 0. The molecule has 0 aliphatic carbocycles. The summed E-state index contributed by atoms with van der Waals surface area (Å²) >= 11 is 5.11. The molecule has 0 bridgehead atoms. The van der Waals surface area contributed by atoms with E-state index in [0.717, 1.165) is 20.5 Å². The lowest BCUT2D eigenvalue weighted by molar-refractivity contribution is 0.407. The van der Waals surface area contributed by atoms with E-state index in [1.165, 1.54) is 11.3 Å². The Bertz CT molecular complexity index is 1040. The number of ether oxygens (including phenoxy) is 1. The van der Waals surface area contributed by atoms with E-state index in [1.807, 2.05) is 36.6 Å². The number of benzene rings is 2. The van der Waals surface area contributed by atoms with Gasteiger partial charge in [0.1, 0.15) is 11.5 Å². The zero-order chi connectivity index (χ0) is 18.7. The first-order valence-electron chi connectivity index (χ1n) is 7.86. The Balaban J connectivity index is 2.14. The first kappa shape index (κ1) is 18.4. The molecule has 1 N–H and O–H groups in total. The van der Waals surface area contributed by atoms with Gasteiger partial charge in [0.05, 0.1) is 18.5 Å². The van der Waals surface area contributed by atoms with Gasteiger partial charge < -0.3 is 9.84 Å². The number of rotatable bonds is 4. The van der Waals surface area contributed by atoms with Gasteiger partial charge in [0.25, 0.3) is 0 Å². The Morgan fingerprint density at radius 2 is 2.00 bits per heavy atom. The molecule has 7 heteroatoms. The molecule has 26 heavy (non-hydrogen) atoms. The maximum absolute atomic E-state index is 10.3. The molecule has 0 aliphatic rings. The van der Waals surface area contributed by atoms with Gasteiger partial charge in [0, 0.05) is 34.1 Å². The van der Waals surface area contributed by atoms with Crippen molar-refractivity contribution < 1.29 is 9.84 Å². The molecule has 2 aromatic carbocycles. The smallest absolute Gasteiger partial charge is 0.205 e.